The van der Waals surface area contributed by atoms with E-state index in [-0.39, 0.29) is 0 Å². The number of nitrogens with one attached hydrogen (secondary N) is 2. The zero-order valence-electron chi connectivity index (χ0n) is 16.1. The molecular weight excluding hydrogens is 330 g/mol. The Bertz CT molecular complexity index is 480. The topological polar surface area (TPSA) is 42.9 Å². The van der Waals surface area contributed by atoms with Crippen LogP contribution in [0.25, 0.3) is 0 Å². The minimum atomic E-state index is 0.506. The first-order valence-corrected chi connectivity index (χ1v) is 10.6. The van der Waals surface area contributed by atoms with E-state index in [2.05, 4.69) is 56.1 Å². The number of guanidine groups is 1. The van der Waals surface area contributed by atoms with Crippen molar-refractivity contribution >= 4 is 17.3 Å². The largest absolute Gasteiger partial charge is 0.356 e. The van der Waals surface area contributed by atoms with Gasteiger partial charge in [-0.1, -0.05) is 13.8 Å². The lowest BCUT2D eigenvalue weighted by molar-refractivity contribution is 0.136. The van der Waals surface area contributed by atoms with Crippen LogP contribution < -0.4 is 10.6 Å². The van der Waals surface area contributed by atoms with Crippen molar-refractivity contribution in [3.8, 4) is 0 Å². The van der Waals surface area contributed by atoms with Gasteiger partial charge in [0.15, 0.2) is 5.96 Å². The van der Waals surface area contributed by atoms with Crippen molar-refractivity contribution in [1.29, 1.82) is 0 Å². The van der Waals surface area contributed by atoms with Crippen molar-refractivity contribution in [3.05, 3.63) is 22.4 Å². The third-order valence-electron chi connectivity index (χ3n) is 5.02. The second-order valence-electron chi connectivity index (χ2n) is 6.82. The molecule has 1 aromatic rings. The fourth-order valence-corrected chi connectivity index (χ4v) is 3.92. The Morgan fingerprint density at radius 1 is 1.20 bits per heavy atom. The number of thiophene rings is 1. The maximum absolute atomic E-state index is 4.33. The Kier molecular flexibility index (Phi) is 9.29. The molecule has 1 aromatic heterocycles. The Hall–Kier alpha value is -1.11. The maximum atomic E-state index is 4.33. The van der Waals surface area contributed by atoms with Gasteiger partial charge in [-0.2, -0.15) is 11.3 Å². The minimum Gasteiger partial charge on any atom is -0.356 e. The first-order valence-electron chi connectivity index (χ1n) is 9.64. The van der Waals surface area contributed by atoms with Gasteiger partial charge in [0.25, 0.3) is 0 Å². The van der Waals surface area contributed by atoms with Gasteiger partial charge in [0.1, 0.15) is 0 Å². The predicted molar refractivity (Wildman–Crippen MR) is 110 cm³/mol. The van der Waals surface area contributed by atoms with Gasteiger partial charge in [-0.3, -0.25) is 4.99 Å². The molecule has 1 aliphatic heterocycles. The zero-order valence-corrected chi connectivity index (χ0v) is 16.9. The van der Waals surface area contributed by atoms with Gasteiger partial charge >= 0.3 is 0 Å². The number of likely N-dealkylation sites (N-methyl/N-ethyl adjacent to an activating group) is 1. The van der Waals surface area contributed by atoms with Gasteiger partial charge in [-0.15, -0.1) is 0 Å². The van der Waals surface area contributed by atoms with Crippen molar-refractivity contribution in [2.45, 2.75) is 32.6 Å². The second-order valence-corrected chi connectivity index (χ2v) is 7.60. The Balaban J connectivity index is 1.52. The van der Waals surface area contributed by atoms with Crippen molar-refractivity contribution in [2.75, 3.05) is 59.4 Å². The second kappa shape index (κ2) is 11.5. The van der Waals surface area contributed by atoms with Crippen LogP contribution in [0.2, 0.25) is 0 Å². The molecule has 0 bridgehead atoms. The molecule has 2 heterocycles. The number of unbranched alkanes of at least 4 members (excludes halogenated alkanes) is 1. The normalized spacial score (nSPS) is 18.3. The molecule has 0 spiro atoms. The molecule has 1 atom stereocenters. The average Bonchev–Trinajstić information content (AvgIpc) is 3.19. The molecule has 0 amide bonds. The Morgan fingerprint density at radius 3 is 2.60 bits per heavy atom. The summed E-state index contributed by atoms with van der Waals surface area (Å²) in [6.45, 7) is 13.7. The lowest BCUT2D eigenvalue weighted by Gasteiger charge is -2.34. The number of hydrogen-bond acceptors (Lipinski definition) is 4. The molecule has 1 unspecified atom stereocenters. The van der Waals surface area contributed by atoms with Crippen LogP contribution in [0.1, 0.15) is 38.2 Å². The van der Waals surface area contributed by atoms with Gasteiger partial charge in [-0.25, -0.2) is 0 Å². The summed E-state index contributed by atoms with van der Waals surface area (Å²) in [6, 6.07) is 2.20. The van der Waals surface area contributed by atoms with Crippen LogP contribution in [0.5, 0.6) is 0 Å². The van der Waals surface area contributed by atoms with Crippen LogP contribution in [0.15, 0.2) is 21.8 Å². The molecule has 25 heavy (non-hydrogen) atoms. The van der Waals surface area contributed by atoms with E-state index in [1.807, 2.05) is 7.05 Å². The number of piperazine rings is 1. The molecule has 0 aromatic carbocycles. The number of nitrogens with zero attached hydrogens (tertiary/aromatic N) is 3. The minimum absolute atomic E-state index is 0.506. The van der Waals surface area contributed by atoms with Crippen LogP contribution in [-0.2, 0) is 0 Å². The summed E-state index contributed by atoms with van der Waals surface area (Å²) >= 11 is 1.76. The summed E-state index contributed by atoms with van der Waals surface area (Å²) in [6.07, 6.45) is 2.44. The lowest BCUT2D eigenvalue weighted by Crippen LogP contribution is -2.46. The van der Waals surface area contributed by atoms with Gasteiger partial charge in [0, 0.05) is 46.3 Å². The molecule has 0 saturated carbocycles. The van der Waals surface area contributed by atoms with Crippen molar-refractivity contribution < 1.29 is 0 Å². The van der Waals surface area contributed by atoms with Crippen LogP contribution >= 0.6 is 11.3 Å². The highest BCUT2D eigenvalue weighted by molar-refractivity contribution is 7.07. The van der Waals surface area contributed by atoms with Crippen molar-refractivity contribution in [1.82, 2.24) is 20.4 Å². The van der Waals surface area contributed by atoms with E-state index in [0.717, 1.165) is 19.0 Å². The van der Waals surface area contributed by atoms with E-state index in [1.165, 1.54) is 57.7 Å². The molecule has 142 valence electrons. The quantitative estimate of drug-likeness (QED) is 0.401. The molecule has 1 aliphatic rings. The third kappa shape index (κ3) is 7.34. The molecular formula is C19H35N5S. The molecule has 1 saturated heterocycles. The molecule has 2 rings (SSSR count). The maximum Gasteiger partial charge on any atom is 0.190 e. The highest BCUT2D eigenvalue weighted by Crippen LogP contribution is 2.16. The van der Waals surface area contributed by atoms with E-state index in [9.17, 15) is 0 Å². The number of aliphatic imine (C=N–C) groups is 1. The van der Waals surface area contributed by atoms with Crippen molar-refractivity contribution in [2.24, 2.45) is 4.99 Å². The summed E-state index contributed by atoms with van der Waals surface area (Å²) in [4.78, 5) is 9.46. The first-order chi connectivity index (χ1) is 12.2. The van der Waals surface area contributed by atoms with Gasteiger partial charge in [0.2, 0.25) is 0 Å². The highest BCUT2D eigenvalue weighted by Gasteiger charge is 2.14. The monoisotopic (exact) mass is 365 g/mol. The highest BCUT2D eigenvalue weighted by atomic mass is 32.1. The fourth-order valence-electron chi connectivity index (χ4n) is 3.14. The van der Waals surface area contributed by atoms with E-state index < -0.39 is 0 Å². The lowest BCUT2D eigenvalue weighted by atomic mass is 10.1. The Labute approximate surface area is 157 Å². The summed E-state index contributed by atoms with van der Waals surface area (Å²) < 4.78 is 0. The van der Waals surface area contributed by atoms with Crippen LogP contribution in [-0.4, -0.2) is 75.2 Å². The summed E-state index contributed by atoms with van der Waals surface area (Å²) in [5.74, 6) is 1.42. The van der Waals surface area contributed by atoms with E-state index in [0.29, 0.717) is 5.92 Å². The van der Waals surface area contributed by atoms with E-state index >= 15 is 0 Å². The van der Waals surface area contributed by atoms with Crippen molar-refractivity contribution in [3.63, 3.8) is 0 Å². The summed E-state index contributed by atoms with van der Waals surface area (Å²) in [5.41, 5.74) is 1.40. The average molecular weight is 366 g/mol. The number of hydrogen-bond donors (Lipinski definition) is 2. The molecule has 5 nitrogen and oxygen atoms in total. The van der Waals surface area contributed by atoms with Gasteiger partial charge < -0.3 is 20.4 Å². The van der Waals surface area contributed by atoms with Crippen LogP contribution in [0, 0.1) is 0 Å². The van der Waals surface area contributed by atoms with Crippen LogP contribution in [0.4, 0.5) is 0 Å². The number of rotatable bonds is 9. The molecule has 0 aliphatic carbocycles. The zero-order chi connectivity index (χ0) is 17.9. The standard InChI is InChI=1S/C19H35N5S/c1-4-23-10-12-24(13-11-23)9-6-5-8-21-19(20-3)22-15-17(2)18-7-14-25-16-18/h7,14,16-17H,4-6,8-13,15H2,1-3H3,(H2,20,21,22). The van der Waals surface area contributed by atoms with Crippen LogP contribution in [0.3, 0.4) is 0 Å². The smallest absolute Gasteiger partial charge is 0.190 e. The first kappa shape index (κ1) is 20.2. The predicted octanol–water partition coefficient (Wildman–Crippen LogP) is 2.43. The SMILES string of the molecule is CCN1CCN(CCCCNC(=NC)NCC(C)c2ccsc2)CC1. The molecule has 1 fully saturated rings. The van der Waals surface area contributed by atoms with E-state index in [4.69, 9.17) is 0 Å². The summed E-state index contributed by atoms with van der Waals surface area (Å²) in [7, 11) is 1.85. The van der Waals surface area contributed by atoms with E-state index in [1.54, 1.807) is 11.3 Å². The van der Waals surface area contributed by atoms with Gasteiger partial charge in [0.05, 0.1) is 0 Å². The Morgan fingerprint density at radius 2 is 1.96 bits per heavy atom. The molecule has 0 radical (unpaired) electrons. The molecule has 2 N–H and O–H groups in total. The fraction of sp³-hybridized carbons (Fsp3) is 0.737. The summed E-state index contributed by atoms with van der Waals surface area (Å²) in [5, 5.41) is 11.2. The third-order valence-corrected chi connectivity index (χ3v) is 5.72. The van der Waals surface area contributed by atoms with Gasteiger partial charge in [-0.05, 0) is 54.2 Å². The molecule has 6 heteroatoms.